The van der Waals surface area contributed by atoms with Crippen LogP contribution in [-0.4, -0.2) is 16.7 Å². The van der Waals surface area contributed by atoms with E-state index in [0.29, 0.717) is 34.3 Å². The average Bonchev–Trinajstić information content (AvgIpc) is 3.24. The summed E-state index contributed by atoms with van der Waals surface area (Å²) in [6.45, 7) is 1.27. The van der Waals surface area contributed by atoms with Crippen molar-refractivity contribution in [2.45, 2.75) is 13.3 Å². The zero-order valence-corrected chi connectivity index (χ0v) is 16.7. The van der Waals surface area contributed by atoms with Gasteiger partial charge in [-0.15, -0.1) is 11.3 Å². The molecule has 0 saturated heterocycles. The SMILES string of the molecule is CC(=O)N(c1nc(/C=C2/Cc3c(Cl)cccc3C2=O)cs1)c1ccc(F)cc1F. The second kappa shape index (κ2) is 7.50. The Hall–Kier alpha value is -2.90. The molecule has 0 spiro atoms. The van der Waals surface area contributed by atoms with Gasteiger partial charge in [0.25, 0.3) is 0 Å². The van der Waals surface area contributed by atoms with Gasteiger partial charge in [0.1, 0.15) is 11.6 Å². The van der Waals surface area contributed by atoms with E-state index in [4.69, 9.17) is 11.6 Å². The van der Waals surface area contributed by atoms with Crippen molar-refractivity contribution in [1.29, 1.82) is 0 Å². The number of halogens is 3. The highest BCUT2D eigenvalue weighted by Gasteiger charge is 2.27. The fraction of sp³-hybridized carbons (Fsp3) is 0.0952. The highest BCUT2D eigenvalue weighted by atomic mass is 35.5. The third-order valence-corrected chi connectivity index (χ3v) is 5.71. The quantitative estimate of drug-likeness (QED) is 0.509. The van der Waals surface area contributed by atoms with E-state index < -0.39 is 17.5 Å². The molecule has 1 heterocycles. The van der Waals surface area contributed by atoms with Crippen molar-refractivity contribution < 1.29 is 18.4 Å². The second-order valence-corrected chi connectivity index (χ2v) is 7.69. The lowest BCUT2D eigenvalue weighted by Crippen LogP contribution is -2.23. The van der Waals surface area contributed by atoms with Crippen LogP contribution in [0.25, 0.3) is 6.08 Å². The highest BCUT2D eigenvalue weighted by molar-refractivity contribution is 7.14. The van der Waals surface area contributed by atoms with Gasteiger partial charge in [0, 0.05) is 41.0 Å². The van der Waals surface area contributed by atoms with Crippen LogP contribution in [0.5, 0.6) is 0 Å². The number of carbonyl (C=O) groups excluding carboxylic acids is 2. The third kappa shape index (κ3) is 3.59. The molecule has 146 valence electrons. The number of ketones is 1. The molecule has 0 N–H and O–H groups in total. The number of nitrogens with zero attached hydrogens (tertiary/aromatic N) is 2. The van der Waals surface area contributed by atoms with Crippen molar-refractivity contribution in [3.05, 3.63) is 80.8 Å². The molecule has 0 unspecified atom stereocenters. The van der Waals surface area contributed by atoms with Gasteiger partial charge in [-0.25, -0.2) is 13.8 Å². The molecular formula is C21H13ClF2N2O2S. The van der Waals surface area contributed by atoms with Crippen molar-refractivity contribution in [3.8, 4) is 0 Å². The van der Waals surface area contributed by atoms with Crippen molar-refractivity contribution in [2.24, 2.45) is 0 Å². The molecule has 0 aliphatic heterocycles. The van der Waals surface area contributed by atoms with Gasteiger partial charge in [-0.1, -0.05) is 23.7 Å². The lowest BCUT2D eigenvalue weighted by molar-refractivity contribution is -0.115. The Labute approximate surface area is 174 Å². The Morgan fingerprint density at radius 1 is 1.28 bits per heavy atom. The molecule has 0 bridgehead atoms. The van der Waals surface area contributed by atoms with Crippen LogP contribution in [-0.2, 0) is 11.2 Å². The number of anilines is 2. The molecule has 4 rings (SSSR count). The lowest BCUT2D eigenvalue weighted by atomic mass is 10.1. The number of fused-ring (bicyclic) bond motifs is 1. The molecule has 0 fully saturated rings. The molecule has 8 heteroatoms. The summed E-state index contributed by atoms with van der Waals surface area (Å²) in [6, 6.07) is 8.16. The zero-order chi connectivity index (χ0) is 20.7. The highest BCUT2D eigenvalue weighted by Crippen LogP contribution is 2.35. The fourth-order valence-electron chi connectivity index (χ4n) is 3.21. The van der Waals surface area contributed by atoms with Gasteiger partial charge in [0.2, 0.25) is 5.91 Å². The summed E-state index contributed by atoms with van der Waals surface area (Å²) in [4.78, 5) is 30.2. The Kier molecular flexibility index (Phi) is 5.02. The molecule has 1 aromatic heterocycles. The smallest absolute Gasteiger partial charge is 0.230 e. The largest absolute Gasteiger partial charge is 0.289 e. The molecule has 1 aliphatic rings. The van der Waals surface area contributed by atoms with E-state index in [1.165, 1.54) is 13.0 Å². The maximum absolute atomic E-state index is 14.2. The number of hydrogen-bond donors (Lipinski definition) is 0. The Morgan fingerprint density at radius 3 is 2.76 bits per heavy atom. The summed E-state index contributed by atoms with van der Waals surface area (Å²) < 4.78 is 27.4. The minimum atomic E-state index is -0.869. The zero-order valence-electron chi connectivity index (χ0n) is 15.1. The molecule has 4 nitrogen and oxygen atoms in total. The summed E-state index contributed by atoms with van der Waals surface area (Å²) in [6.07, 6.45) is 2.03. The maximum Gasteiger partial charge on any atom is 0.230 e. The topological polar surface area (TPSA) is 50.3 Å². The predicted octanol–water partition coefficient (Wildman–Crippen LogP) is 5.58. The maximum atomic E-state index is 14.2. The van der Waals surface area contributed by atoms with Crippen molar-refractivity contribution in [2.75, 3.05) is 4.90 Å². The molecule has 0 saturated carbocycles. The third-order valence-electron chi connectivity index (χ3n) is 4.51. The number of allylic oxidation sites excluding steroid dienone is 1. The monoisotopic (exact) mass is 430 g/mol. The molecule has 0 radical (unpaired) electrons. The first kappa shape index (κ1) is 19.4. The number of benzene rings is 2. The summed E-state index contributed by atoms with van der Waals surface area (Å²) in [5.74, 6) is -2.20. The minimum Gasteiger partial charge on any atom is -0.289 e. The van der Waals surface area contributed by atoms with Crippen LogP contribution < -0.4 is 4.90 Å². The molecule has 0 atom stereocenters. The number of Topliss-reactive ketones (excluding diaryl/α,β-unsaturated/α-hetero) is 1. The van der Waals surface area contributed by atoms with Crippen LogP contribution in [0.4, 0.5) is 19.6 Å². The van der Waals surface area contributed by atoms with Gasteiger partial charge in [0.15, 0.2) is 10.9 Å². The number of amides is 1. The second-order valence-electron chi connectivity index (χ2n) is 6.45. The first-order valence-electron chi connectivity index (χ1n) is 8.59. The first-order valence-corrected chi connectivity index (χ1v) is 9.85. The number of hydrogen-bond acceptors (Lipinski definition) is 4. The van der Waals surface area contributed by atoms with Crippen LogP contribution in [0, 0.1) is 11.6 Å². The Bertz CT molecular complexity index is 1190. The van der Waals surface area contributed by atoms with E-state index in [2.05, 4.69) is 4.98 Å². The van der Waals surface area contributed by atoms with Gasteiger partial charge in [0.05, 0.1) is 11.4 Å². The lowest BCUT2D eigenvalue weighted by Gasteiger charge is -2.18. The molecule has 29 heavy (non-hydrogen) atoms. The number of carbonyl (C=O) groups is 2. The van der Waals surface area contributed by atoms with Crippen molar-refractivity contribution in [1.82, 2.24) is 4.98 Å². The van der Waals surface area contributed by atoms with Gasteiger partial charge >= 0.3 is 0 Å². The molecular weight excluding hydrogens is 418 g/mol. The number of aromatic nitrogens is 1. The number of rotatable bonds is 3. The van der Waals surface area contributed by atoms with E-state index in [0.717, 1.165) is 27.9 Å². The van der Waals surface area contributed by atoms with Gasteiger partial charge in [-0.05, 0) is 29.8 Å². The van der Waals surface area contributed by atoms with Crippen molar-refractivity contribution in [3.63, 3.8) is 0 Å². The van der Waals surface area contributed by atoms with Crippen LogP contribution >= 0.6 is 22.9 Å². The summed E-state index contributed by atoms with van der Waals surface area (Å²) in [5.41, 5.74) is 2.25. The average molecular weight is 431 g/mol. The first-order chi connectivity index (χ1) is 13.8. The normalized spacial score (nSPS) is 14.3. The summed E-state index contributed by atoms with van der Waals surface area (Å²) >= 11 is 7.30. The fourth-order valence-corrected chi connectivity index (χ4v) is 4.28. The van der Waals surface area contributed by atoms with Crippen molar-refractivity contribution >= 4 is 51.5 Å². The van der Waals surface area contributed by atoms with Crippen LogP contribution in [0.15, 0.2) is 47.4 Å². The van der Waals surface area contributed by atoms with Gasteiger partial charge in [-0.3, -0.25) is 14.5 Å². The predicted molar refractivity (Wildman–Crippen MR) is 109 cm³/mol. The molecule has 1 amide bonds. The van der Waals surface area contributed by atoms with E-state index in [1.54, 1.807) is 29.7 Å². The summed E-state index contributed by atoms with van der Waals surface area (Å²) in [5, 5.41) is 2.42. The van der Waals surface area contributed by atoms with Crippen LogP contribution in [0.1, 0.15) is 28.5 Å². The van der Waals surface area contributed by atoms with Gasteiger partial charge in [-0.2, -0.15) is 0 Å². The molecule has 1 aliphatic carbocycles. The molecule has 3 aromatic rings. The van der Waals surface area contributed by atoms with Crippen LogP contribution in [0.2, 0.25) is 5.02 Å². The Balaban J connectivity index is 1.67. The molecule has 2 aromatic carbocycles. The summed E-state index contributed by atoms with van der Waals surface area (Å²) in [7, 11) is 0. The minimum absolute atomic E-state index is 0.0939. The number of thiazole rings is 1. The van der Waals surface area contributed by atoms with E-state index in [-0.39, 0.29) is 16.6 Å². The van der Waals surface area contributed by atoms with Crippen LogP contribution in [0.3, 0.4) is 0 Å². The van der Waals surface area contributed by atoms with E-state index in [1.807, 2.05) is 0 Å². The van der Waals surface area contributed by atoms with E-state index in [9.17, 15) is 18.4 Å². The Morgan fingerprint density at radius 2 is 2.07 bits per heavy atom. The van der Waals surface area contributed by atoms with E-state index >= 15 is 0 Å². The van der Waals surface area contributed by atoms with Gasteiger partial charge < -0.3 is 0 Å². The standard InChI is InChI=1S/C21H13ClF2N2O2S/c1-11(27)26(19-6-5-13(23)9-18(19)24)21-25-14(10-29-21)7-12-8-16-15(20(12)28)3-2-4-17(16)22/h2-7,9-10H,8H2,1H3/b12-7-.